The smallest absolute Gasteiger partial charge is 0.283 e. The van der Waals surface area contributed by atoms with E-state index in [0.29, 0.717) is 45.2 Å². The molecule has 0 heterocycles. The van der Waals surface area contributed by atoms with E-state index in [1.165, 1.54) is 37.4 Å². The lowest BCUT2D eigenvalue weighted by Crippen LogP contribution is -1.96. The molecule has 0 spiro atoms. The quantitative estimate of drug-likeness (QED) is 0.153. The van der Waals surface area contributed by atoms with Gasteiger partial charge in [-0.05, 0) is 78.1 Å². The average Bonchev–Trinajstić information content (AvgIpc) is 2.87. The van der Waals surface area contributed by atoms with Crippen LogP contribution in [-0.2, 0) is 0 Å². The molecule has 0 atom stereocenters. The topological polar surface area (TPSA) is 147 Å². The van der Waals surface area contributed by atoms with Gasteiger partial charge in [0.15, 0.2) is 12.6 Å². The van der Waals surface area contributed by atoms with E-state index in [-0.39, 0.29) is 27.1 Å². The largest absolute Gasteiger partial charge is 0.495 e. The highest BCUT2D eigenvalue weighted by Crippen LogP contribution is 2.31. The Labute approximate surface area is 232 Å². The first kappa shape index (κ1) is 31.6. The fourth-order valence-corrected chi connectivity index (χ4v) is 3.64. The second-order valence-corrected chi connectivity index (χ2v) is 8.98. The van der Waals surface area contributed by atoms with E-state index in [2.05, 4.69) is 47.8 Å². The minimum absolute atomic E-state index is 0.0164. The summed E-state index contributed by atoms with van der Waals surface area (Å²) in [5.74, 6) is -0.801. The van der Waals surface area contributed by atoms with Gasteiger partial charge in [0.1, 0.15) is 23.7 Å². The molecule has 194 valence electrons. The van der Waals surface area contributed by atoms with Crippen molar-refractivity contribution < 1.29 is 37.7 Å². The number of carbonyl (C=O) groups is 3. The molecule has 0 aromatic heterocycles. The van der Waals surface area contributed by atoms with E-state index >= 15 is 0 Å². The molecular weight excluding hydrogens is 698 g/mol. The number of rotatable bonds is 6. The molecule has 0 N–H and O–H groups in total. The average molecular weight is 711 g/mol. The Hall–Kier alpha value is -3.43. The van der Waals surface area contributed by atoms with Gasteiger partial charge in [0.25, 0.3) is 11.4 Å². The van der Waals surface area contributed by atoms with Gasteiger partial charge in [-0.1, -0.05) is 0 Å². The Morgan fingerprint density at radius 2 is 1.22 bits per heavy atom. The molecule has 0 saturated carbocycles. The predicted octanol–water partition coefficient (Wildman–Crippen LogP) is 6.89. The third-order valence-corrected chi connectivity index (χ3v) is 5.93. The molecule has 3 aromatic rings. The normalized spacial score (nSPS) is 9.57. The molecule has 3 rings (SSSR count). The van der Waals surface area contributed by atoms with Crippen LogP contribution in [0.1, 0.15) is 31.1 Å². The highest BCUT2D eigenvalue weighted by atomic mass is 79.9. The van der Waals surface area contributed by atoms with Gasteiger partial charge in [-0.15, -0.1) is 0 Å². The summed E-state index contributed by atoms with van der Waals surface area (Å²) in [5, 5.41) is 20.8. The van der Waals surface area contributed by atoms with Crippen LogP contribution in [0.4, 0.5) is 20.2 Å². The van der Waals surface area contributed by atoms with Crippen molar-refractivity contribution in [3.05, 3.63) is 104 Å². The predicted molar refractivity (Wildman–Crippen MR) is 138 cm³/mol. The molecular formula is C22H13Br3F2N2O8. The summed E-state index contributed by atoms with van der Waals surface area (Å²) in [5.41, 5.74) is -0.468. The van der Waals surface area contributed by atoms with E-state index in [4.69, 9.17) is 4.74 Å². The zero-order chi connectivity index (χ0) is 28.3. The van der Waals surface area contributed by atoms with Gasteiger partial charge in [0.05, 0.1) is 53.6 Å². The number of benzene rings is 3. The van der Waals surface area contributed by atoms with Crippen molar-refractivity contribution in [3.8, 4) is 5.75 Å². The van der Waals surface area contributed by atoms with Gasteiger partial charge < -0.3 is 4.74 Å². The number of nitrogens with zero attached hydrogens (tertiary/aromatic N) is 2. The van der Waals surface area contributed by atoms with E-state index in [0.717, 1.165) is 6.07 Å². The lowest BCUT2D eigenvalue weighted by Gasteiger charge is -2.03. The van der Waals surface area contributed by atoms with Gasteiger partial charge in [0, 0.05) is 5.56 Å². The maximum atomic E-state index is 12.8. The number of hydrogen-bond donors (Lipinski definition) is 0. The van der Waals surface area contributed by atoms with Gasteiger partial charge in [-0.25, -0.2) is 8.78 Å². The monoisotopic (exact) mass is 708 g/mol. The fraction of sp³-hybridized carbons (Fsp3) is 0.0455. The van der Waals surface area contributed by atoms with Crippen molar-refractivity contribution in [2.75, 3.05) is 7.11 Å². The maximum Gasteiger partial charge on any atom is 0.283 e. The second kappa shape index (κ2) is 15.0. The summed E-state index contributed by atoms with van der Waals surface area (Å²) in [7, 11) is 1.39. The summed E-state index contributed by atoms with van der Waals surface area (Å²) in [6.07, 6.45) is 1.41. The van der Waals surface area contributed by atoms with E-state index in [1.54, 1.807) is 0 Å². The van der Waals surface area contributed by atoms with Crippen molar-refractivity contribution in [2.45, 2.75) is 0 Å². The molecule has 15 heteroatoms. The van der Waals surface area contributed by atoms with Crippen LogP contribution in [0.15, 0.2) is 55.9 Å². The molecule has 0 aliphatic carbocycles. The number of ether oxygens (including phenoxy) is 1. The number of aldehydes is 3. The van der Waals surface area contributed by atoms with Crippen LogP contribution in [0.2, 0.25) is 0 Å². The van der Waals surface area contributed by atoms with E-state index in [9.17, 15) is 43.4 Å². The highest BCUT2D eigenvalue weighted by molar-refractivity contribution is 9.11. The van der Waals surface area contributed by atoms with Crippen molar-refractivity contribution in [1.29, 1.82) is 0 Å². The van der Waals surface area contributed by atoms with E-state index in [1.807, 2.05) is 0 Å². The SMILES string of the molecule is COc1cc([N+](=O)[O-])c(C=O)cc1Br.O=Cc1cc(Br)c(F)cc1[N+](=O)[O-].O=Cc1ccc(F)c(Br)c1. The Kier molecular flexibility index (Phi) is 12.8. The van der Waals surface area contributed by atoms with Gasteiger partial charge in [-0.2, -0.15) is 0 Å². The molecule has 0 saturated heterocycles. The Bertz CT molecular complexity index is 1360. The Morgan fingerprint density at radius 1 is 0.730 bits per heavy atom. The summed E-state index contributed by atoms with van der Waals surface area (Å²) >= 11 is 8.89. The molecule has 0 amide bonds. The third-order valence-electron chi connectivity index (χ3n) is 4.10. The molecule has 0 aliphatic rings. The highest BCUT2D eigenvalue weighted by Gasteiger charge is 2.17. The number of methoxy groups -OCH3 is 1. The van der Waals surface area contributed by atoms with Crippen LogP contribution in [0, 0.1) is 31.9 Å². The molecule has 0 radical (unpaired) electrons. The molecule has 3 aromatic carbocycles. The lowest BCUT2D eigenvalue weighted by molar-refractivity contribution is -0.385. The summed E-state index contributed by atoms with van der Waals surface area (Å²) in [6.45, 7) is 0. The minimum Gasteiger partial charge on any atom is -0.495 e. The maximum absolute atomic E-state index is 12.8. The summed E-state index contributed by atoms with van der Waals surface area (Å²) in [4.78, 5) is 50.4. The first-order chi connectivity index (χ1) is 17.4. The lowest BCUT2D eigenvalue weighted by atomic mass is 10.2. The summed E-state index contributed by atoms with van der Waals surface area (Å²) in [6, 6.07) is 8.43. The van der Waals surface area contributed by atoms with Crippen molar-refractivity contribution in [1.82, 2.24) is 0 Å². The number of hydrogen-bond acceptors (Lipinski definition) is 8. The molecule has 10 nitrogen and oxygen atoms in total. The van der Waals surface area contributed by atoms with Crippen LogP contribution < -0.4 is 4.74 Å². The van der Waals surface area contributed by atoms with Crippen LogP contribution in [-0.4, -0.2) is 35.8 Å². The Morgan fingerprint density at radius 3 is 1.65 bits per heavy atom. The van der Waals surface area contributed by atoms with Gasteiger partial charge in [-0.3, -0.25) is 34.6 Å². The Balaban J connectivity index is 0.000000281. The second-order valence-electron chi connectivity index (χ2n) is 6.41. The number of carbonyl (C=O) groups excluding carboxylic acids is 3. The van der Waals surface area contributed by atoms with Crippen molar-refractivity contribution in [2.24, 2.45) is 0 Å². The minimum atomic E-state index is -0.806. The molecule has 0 unspecified atom stereocenters. The summed E-state index contributed by atoms with van der Waals surface area (Å²) < 4.78 is 31.0. The van der Waals surface area contributed by atoms with Crippen LogP contribution in [0.3, 0.4) is 0 Å². The molecule has 0 aliphatic heterocycles. The van der Waals surface area contributed by atoms with Crippen LogP contribution in [0.5, 0.6) is 5.75 Å². The number of nitro groups is 2. The standard InChI is InChI=1S/C8H6BrNO4.C7H3BrFNO3.C7H4BrFO/c1-14-8-3-7(10(12)13)5(4-11)2-6(8)9;8-5-1-4(3-11)7(10(12)13)2-6(5)9;8-6-3-5(4-10)1-2-7(6)9/h2-4H,1H3;1-3H;1-4H. The molecule has 0 bridgehead atoms. The molecule has 37 heavy (non-hydrogen) atoms. The van der Waals surface area contributed by atoms with Crippen LogP contribution in [0.25, 0.3) is 0 Å². The fourth-order valence-electron chi connectivity index (χ4n) is 2.36. The van der Waals surface area contributed by atoms with Gasteiger partial charge in [0.2, 0.25) is 0 Å². The number of nitro benzene ring substituents is 2. The first-order valence-corrected chi connectivity index (χ1v) is 11.7. The molecule has 0 fully saturated rings. The van der Waals surface area contributed by atoms with Crippen molar-refractivity contribution in [3.63, 3.8) is 0 Å². The first-order valence-electron chi connectivity index (χ1n) is 9.36. The zero-order valence-corrected chi connectivity index (χ0v) is 23.1. The number of halogens is 5. The van der Waals surface area contributed by atoms with Gasteiger partial charge >= 0.3 is 0 Å². The van der Waals surface area contributed by atoms with E-state index < -0.39 is 21.4 Å². The van der Waals surface area contributed by atoms with Crippen LogP contribution >= 0.6 is 47.8 Å². The van der Waals surface area contributed by atoms with Crippen molar-refractivity contribution >= 4 is 78.0 Å². The zero-order valence-electron chi connectivity index (χ0n) is 18.3. The third kappa shape index (κ3) is 9.18.